The third kappa shape index (κ3) is 5.74. The van der Waals surface area contributed by atoms with Gasteiger partial charge in [-0.3, -0.25) is 0 Å². The number of phenols is 2. The van der Waals surface area contributed by atoms with Crippen LogP contribution in [0, 0.1) is 0 Å². The molecule has 0 saturated carbocycles. The van der Waals surface area contributed by atoms with E-state index < -0.39 is 10.8 Å². The van der Waals surface area contributed by atoms with Crippen molar-refractivity contribution in [2.45, 2.75) is 23.9 Å². The van der Waals surface area contributed by atoms with Gasteiger partial charge in [0.05, 0.1) is 10.8 Å². The number of fused-ring (bicyclic) bond motifs is 6. The second-order valence-electron chi connectivity index (χ2n) is 16.5. The van der Waals surface area contributed by atoms with Crippen molar-refractivity contribution in [3.8, 4) is 33.8 Å². The predicted octanol–water partition coefficient (Wildman–Crippen LogP) is 11.4. The molecular formula is C56H48N2O2. The zero-order valence-corrected chi connectivity index (χ0v) is 34.1. The van der Waals surface area contributed by atoms with Crippen molar-refractivity contribution < 1.29 is 10.2 Å². The lowest BCUT2D eigenvalue weighted by atomic mass is 9.67. The van der Waals surface area contributed by atoms with Crippen molar-refractivity contribution in [2.24, 2.45) is 0 Å². The van der Waals surface area contributed by atoms with E-state index >= 15 is 0 Å². The Balaban J connectivity index is 0.926. The predicted molar refractivity (Wildman–Crippen MR) is 243 cm³/mol. The molecule has 8 aromatic carbocycles. The van der Waals surface area contributed by atoms with Gasteiger partial charge >= 0.3 is 0 Å². The summed E-state index contributed by atoms with van der Waals surface area (Å²) in [5.74, 6) is 0.661. The van der Waals surface area contributed by atoms with E-state index in [0.717, 1.165) is 46.5 Å². The summed E-state index contributed by atoms with van der Waals surface area (Å²) in [6, 6.07) is 68.3. The quantitative estimate of drug-likeness (QED) is 0.137. The van der Waals surface area contributed by atoms with Gasteiger partial charge < -0.3 is 20.0 Å². The Bertz CT molecular complexity index is 2560. The summed E-state index contributed by atoms with van der Waals surface area (Å²) in [4.78, 5) is 4.54. The van der Waals surface area contributed by atoms with Crippen LogP contribution in [0.1, 0.15) is 55.6 Å². The van der Waals surface area contributed by atoms with Crippen LogP contribution >= 0.6 is 0 Å². The molecule has 0 bridgehead atoms. The molecule has 4 nitrogen and oxygen atoms in total. The summed E-state index contributed by atoms with van der Waals surface area (Å²) in [5.41, 5.74) is 14.1. The minimum atomic E-state index is -0.661. The van der Waals surface area contributed by atoms with E-state index in [-0.39, 0.29) is 0 Å². The maximum atomic E-state index is 12.4. The molecule has 294 valence electrons. The fraction of sp³-hybridized carbons (Fsp3) is 0.143. The minimum absolute atomic E-state index is 0.331. The number of hydrogen-bond donors (Lipinski definition) is 2. The molecule has 4 heteroatoms. The van der Waals surface area contributed by atoms with Crippen LogP contribution in [-0.2, 0) is 23.9 Å². The Morgan fingerprint density at radius 1 is 0.333 bits per heavy atom. The first-order valence-corrected chi connectivity index (χ1v) is 20.9. The zero-order valence-electron chi connectivity index (χ0n) is 34.1. The molecule has 0 saturated heterocycles. The first-order valence-electron chi connectivity index (χ1n) is 20.9. The van der Waals surface area contributed by atoms with Crippen molar-refractivity contribution in [3.05, 3.63) is 250 Å². The zero-order chi connectivity index (χ0) is 40.8. The van der Waals surface area contributed by atoms with Crippen molar-refractivity contribution in [1.29, 1.82) is 0 Å². The molecule has 0 atom stereocenters. The molecule has 10 rings (SSSR count). The third-order valence-electron chi connectivity index (χ3n) is 13.1. The highest BCUT2D eigenvalue weighted by molar-refractivity contribution is 5.88. The Morgan fingerprint density at radius 3 is 0.950 bits per heavy atom. The largest absolute Gasteiger partial charge is 0.507 e. The van der Waals surface area contributed by atoms with Gasteiger partial charge in [0.2, 0.25) is 0 Å². The van der Waals surface area contributed by atoms with E-state index in [0.29, 0.717) is 24.6 Å². The fourth-order valence-electron chi connectivity index (χ4n) is 10.5. The van der Waals surface area contributed by atoms with Crippen LogP contribution in [-0.4, -0.2) is 47.2 Å². The van der Waals surface area contributed by atoms with Crippen molar-refractivity contribution >= 4 is 0 Å². The second kappa shape index (κ2) is 15.1. The molecule has 60 heavy (non-hydrogen) atoms. The molecule has 0 aliphatic heterocycles. The highest BCUT2D eigenvalue weighted by Gasteiger charge is 2.49. The molecular weight excluding hydrogens is 733 g/mol. The Labute approximate surface area is 353 Å². The highest BCUT2D eigenvalue weighted by Crippen LogP contribution is 2.59. The Morgan fingerprint density at radius 2 is 0.617 bits per heavy atom. The van der Waals surface area contributed by atoms with Crippen molar-refractivity contribution in [3.63, 3.8) is 0 Å². The summed E-state index contributed by atoms with van der Waals surface area (Å²) in [5, 5.41) is 24.7. The van der Waals surface area contributed by atoms with Gasteiger partial charge in [-0.25, -0.2) is 0 Å². The molecule has 0 spiro atoms. The number of rotatable bonds is 11. The van der Waals surface area contributed by atoms with Crippen LogP contribution in [0.2, 0.25) is 0 Å². The molecule has 2 aliphatic rings. The van der Waals surface area contributed by atoms with Gasteiger partial charge in [-0.1, -0.05) is 194 Å². The summed E-state index contributed by atoms with van der Waals surface area (Å²) >= 11 is 0. The number of nitrogens with zero attached hydrogens (tertiary/aromatic N) is 2. The standard InChI is InChI=1S/C56H48N2O2/c1-57(37-39-19-17-33-51(53(39)59)55(41-21-5-3-6-22-41)47-29-13-9-25-43(47)44-26-10-14-30-48(44)55)35-36-58(2)38-40-20-18-34-52(54(40)60)56(42-23-7-4-8-24-42)49-31-15-11-27-45(49)46-28-12-16-32-50(46)56/h3-34,59-60H,35-38H2,1-2H3. The molecule has 0 unspecified atom stereocenters. The molecule has 0 fully saturated rings. The number of likely N-dealkylation sites (N-methyl/N-ethyl adjacent to an activating group) is 2. The highest BCUT2D eigenvalue weighted by atomic mass is 16.3. The molecule has 0 aromatic heterocycles. The van der Waals surface area contributed by atoms with Gasteiger partial charge in [0.1, 0.15) is 11.5 Å². The van der Waals surface area contributed by atoms with E-state index in [1.165, 1.54) is 44.5 Å². The SMILES string of the molecule is CN(CCN(C)Cc1cccc(C2(c3ccccc3)c3ccccc3-c3ccccc32)c1O)Cc1cccc(C2(c3ccccc3)c3ccccc3-c3ccccc32)c1O. The van der Waals surface area contributed by atoms with Gasteiger partial charge in [-0.05, 0) is 69.7 Å². The van der Waals surface area contributed by atoms with E-state index in [4.69, 9.17) is 0 Å². The molecule has 0 heterocycles. The van der Waals surface area contributed by atoms with E-state index in [2.05, 4.69) is 218 Å². The number of phenolic OH excluding ortho intramolecular Hbond substituents is 2. The lowest BCUT2D eigenvalue weighted by Gasteiger charge is -2.35. The molecule has 8 aromatic rings. The lowest BCUT2D eigenvalue weighted by molar-refractivity contribution is 0.243. The summed E-state index contributed by atoms with van der Waals surface area (Å²) in [6.07, 6.45) is 0. The van der Waals surface area contributed by atoms with Crippen LogP contribution in [0.3, 0.4) is 0 Å². The number of hydrogen-bond acceptors (Lipinski definition) is 4. The maximum Gasteiger partial charge on any atom is 0.124 e. The monoisotopic (exact) mass is 780 g/mol. The van der Waals surface area contributed by atoms with Gasteiger partial charge in [0.15, 0.2) is 0 Å². The molecule has 0 radical (unpaired) electrons. The van der Waals surface area contributed by atoms with E-state index in [1.54, 1.807) is 0 Å². The number of para-hydroxylation sites is 2. The first-order chi connectivity index (χ1) is 29.4. The van der Waals surface area contributed by atoms with Crippen LogP contribution in [0.25, 0.3) is 22.3 Å². The van der Waals surface area contributed by atoms with E-state index in [9.17, 15) is 10.2 Å². The second-order valence-corrected chi connectivity index (χ2v) is 16.5. The third-order valence-corrected chi connectivity index (χ3v) is 13.1. The Kier molecular flexibility index (Phi) is 9.48. The summed E-state index contributed by atoms with van der Waals surface area (Å²) in [7, 11) is 4.23. The first kappa shape index (κ1) is 37.5. The van der Waals surface area contributed by atoms with Gasteiger partial charge in [0, 0.05) is 48.4 Å². The molecule has 2 N–H and O–H groups in total. The van der Waals surface area contributed by atoms with Crippen LogP contribution in [0.4, 0.5) is 0 Å². The smallest absolute Gasteiger partial charge is 0.124 e. The Hall–Kier alpha value is -6.72. The van der Waals surface area contributed by atoms with Gasteiger partial charge in [-0.15, -0.1) is 0 Å². The van der Waals surface area contributed by atoms with Crippen molar-refractivity contribution in [1.82, 2.24) is 9.80 Å². The number of benzene rings is 8. The van der Waals surface area contributed by atoms with Crippen molar-refractivity contribution in [2.75, 3.05) is 27.2 Å². The average Bonchev–Trinajstić information content (AvgIpc) is 3.76. The van der Waals surface area contributed by atoms with Gasteiger partial charge in [-0.2, -0.15) is 0 Å². The van der Waals surface area contributed by atoms with Crippen LogP contribution in [0.15, 0.2) is 194 Å². The number of aromatic hydroxyl groups is 2. The van der Waals surface area contributed by atoms with Crippen LogP contribution in [0.5, 0.6) is 11.5 Å². The van der Waals surface area contributed by atoms with E-state index in [1.807, 2.05) is 0 Å². The summed E-state index contributed by atoms with van der Waals surface area (Å²) < 4.78 is 0. The average molecular weight is 781 g/mol. The lowest BCUT2D eigenvalue weighted by Crippen LogP contribution is -2.31. The minimum Gasteiger partial charge on any atom is -0.507 e. The fourth-order valence-corrected chi connectivity index (χ4v) is 10.5. The topological polar surface area (TPSA) is 46.9 Å². The maximum absolute atomic E-state index is 12.4. The van der Waals surface area contributed by atoms with Gasteiger partial charge in [0.25, 0.3) is 0 Å². The van der Waals surface area contributed by atoms with Crippen LogP contribution < -0.4 is 0 Å². The summed E-state index contributed by atoms with van der Waals surface area (Å²) in [6.45, 7) is 2.71. The molecule has 0 amide bonds. The normalized spacial score (nSPS) is 14.1. The molecule has 2 aliphatic carbocycles.